The minimum absolute atomic E-state index is 0.0108. The molecule has 0 aromatic rings. The predicted molar refractivity (Wildman–Crippen MR) is 128 cm³/mol. The Kier molecular flexibility index (Phi) is 9.24. The summed E-state index contributed by atoms with van der Waals surface area (Å²) in [7, 11) is 0. The maximum absolute atomic E-state index is 14.0. The van der Waals surface area contributed by atoms with Crippen molar-refractivity contribution in [3.05, 3.63) is 0 Å². The Morgan fingerprint density at radius 1 is 0.628 bits per heavy atom. The SMILES string of the molecule is CCOCOC(CC1CC2CC1C(C)C2CC1C(C)C2CC(CC(O)(C(F)(F)F)C(F)(F)F)C1C2)(C(F)(F)F)C(F)(F)F. The summed E-state index contributed by atoms with van der Waals surface area (Å²) in [5.41, 5.74) is -9.23. The molecule has 4 rings (SSSR count). The standard InChI is InChI=1S/C28H38F12O3/c1-4-42-12-43-24(27(35,36)37,28(38,39)40)11-18-6-16-8-19(18)14(3)20(16)9-21-13(2)15-5-17(22(21)7-15)10-23(41,25(29,30)31)26(32,33)34/h13-22,41H,4-12H2,1-3H3. The zero-order valence-electron chi connectivity index (χ0n) is 23.9. The zero-order chi connectivity index (χ0) is 32.6. The molecule has 0 radical (unpaired) electrons. The van der Waals surface area contributed by atoms with E-state index in [1.165, 1.54) is 6.92 Å². The molecule has 15 heteroatoms. The highest BCUT2D eigenvalue weighted by Gasteiger charge is 2.74. The fourth-order valence-electron chi connectivity index (χ4n) is 9.40. The monoisotopic (exact) mass is 650 g/mol. The van der Waals surface area contributed by atoms with E-state index in [4.69, 9.17) is 0 Å². The van der Waals surface area contributed by atoms with Crippen molar-refractivity contribution in [2.24, 2.45) is 59.2 Å². The molecule has 4 bridgehead atoms. The van der Waals surface area contributed by atoms with Gasteiger partial charge in [0.2, 0.25) is 0 Å². The summed E-state index contributed by atoms with van der Waals surface area (Å²) in [6.45, 7) is 3.72. The van der Waals surface area contributed by atoms with E-state index in [9.17, 15) is 57.8 Å². The first-order chi connectivity index (χ1) is 19.5. The summed E-state index contributed by atoms with van der Waals surface area (Å²) in [6, 6.07) is 0. The van der Waals surface area contributed by atoms with Gasteiger partial charge in [0.1, 0.15) is 6.79 Å². The average molecular weight is 651 g/mol. The highest BCUT2D eigenvalue weighted by Crippen LogP contribution is 2.65. The Bertz CT molecular complexity index is 944. The molecule has 0 saturated heterocycles. The largest absolute Gasteiger partial charge is 0.426 e. The summed E-state index contributed by atoms with van der Waals surface area (Å²) in [6.07, 6.45) is -24.7. The quantitative estimate of drug-likeness (QED) is 0.146. The van der Waals surface area contributed by atoms with Gasteiger partial charge in [-0.15, -0.1) is 0 Å². The Morgan fingerprint density at radius 3 is 1.60 bits per heavy atom. The molecule has 4 aliphatic rings. The number of fused-ring (bicyclic) bond motifs is 4. The molecular formula is C28H38F12O3. The predicted octanol–water partition coefficient (Wildman–Crippen LogP) is 8.70. The fraction of sp³-hybridized carbons (Fsp3) is 1.00. The number of aliphatic hydroxyl groups is 1. The van der Waals surface area contributed by atoms with Crippen LogP contribution in [0.15, 0.2) is 0 Å². The number of halogens is 12. The first-order valence-corrected chi connectivity index (χ1v) is 14.7. The van der Waals surface area contributed by atoms with E-state index in [-0.39, 0.29) is 55.0 Å². The Hall–Kier alpha value is -0.960. The lowest BCUT2D eigenvalue weighted by atomic mass is 9.64. The Balaban J connectivity index is 1.48. The first kappa shape index (κ1) is 34.9. The van der Waals surface area contributed by atoms with E-state index in [1.54, 1.807) is 6.92 Å². The van der Waals surface area contributed by atoms with Crippen LogP contribution in [0.3, 0.4) is 0 Å². The van der Waals surface area contributed by atoms with Gasteiger partial charge in [-0.2, -0.15) is 52.7 Å². The van der Waals surface area contributed by atoms with Gasteiger partial charge >= 0.3 is 24.7 Å². The lowest BCUT2D eigenvalue weighted by Crippen LogP contribution is -2.60. The van der Waals surface area contributed by atoms with Crippen LogP contribution in [0, 0.1) is 59.2 Å². The minimum atomic E-state index is -5.91. The van der Waals surface area contributed by atoms with Gasteiger partial charge in [-0.05, 0) is 111 Å². The second kappa shape index (κ2) is 11.4. The van der Waals surface area contributed by atoms with E-state index in [1.807, 2.05) is 6.92 Å². The lowest BCUT2D eigenvalue weighted by Gasteiger charge is -2.44. The molecule has 4 saturated carbocycles. The molecule has 10 unspecified atom stereocenters. The second-order valence-corrected chi connectivity index (χ2v) is 13.4. The molecule has 252 valence electrons. The molecule has 0 spiro atoms. The molecule has 0 heterocycles. The van der Waals surface area contributed by atoms with E-state index >= 15 is 0 Å². The van der Waals surface area contributed by atoms with E-state index in [2.05, 4.69) is 9.47 Å². The fourth-order valence-corrected chi connectivity index (χ4v) is 9.40. The Morgan fingerprint density at radius 2 is 1.14 bits per heavy atom. The van der Waals surface area contributed by atoms with Gasteiger partial charge in [-0.1, -0.05) is 13.8 Å². The van der Waals surface area contributed by atoms with E-state index in [0.717, 1.165) is 0 Å². The molecule has 3 nitrogen and oxygen atoms in total. The maximum Gasteiger partial charge on any atom is 0.426 e. The normalized spacial score (nSPS) is 37.1. The Labute approximate surface area is 242 Å². The van der Waals surface area contributed by atoms with E-state index < -0.39 is 79.2 Å². The van der Waals surface area contributed by atoms with Gasteiger partial charge in [0, 0.05) is 6.61 Å². The summed E-state index contributed by atoms with van der Waals surface area (Å²) >= 11 is 0. The number of alkyl halides is 12. The molecule has 4 aliphatic carbocycles. The molecule has 0 aromatic carbocycles. The molecule has 43 heavy (non-hydrogen) atoms. The van der Waals surface area contributed by atoms with Crippen LogP contribution in [0.5, 0.6) is 0 Å². The zero-order valence-corrected chi connectivity index (χ0v) is 23.9. The van der Waals surface area contributed by atoms with Crippen LogP contribution in [0.25, 0.3) is 0 Å². The first-order valence-electron chi connectivity index (χ1n) is 14.7. The van der Waals surface area contributed by atoms with Crippen molar-refractivity contribution in [3.63, 3.8) is 0 Å². The van der Waals surface area contributed by atoms with Crippen LogP contribution in [0.2, 0.25) is 0 Å². The number of hydrogen-bond donors (Lipinski definition) is 1. The van der Waals surface area contributed by atoms with Crippen molar-refractivity contribution in [2.45, 2.75) is 102 Å². The lowest BCUT2D eigenvalue weighted by molar-refractivity contribution is -0.398. The third-order valence-electron chi connectivity index (χ3n) is 11.6. The van der Waals surface area contributed by atoms with Crippen LogP contribution in [0.1, 0.15) is 65.7 Å². The molecule has 4 fully saturated rings. The van der Waals surface area contributed by atoms with Gasteiger partial charge in [-0.25, -0.2) is 0 Å². The van der Waals surface area contributed by atoms with Gasteiger partial charge < -0.3 is 14.6 Å². The molecule has 0 aliphatic heterocycles. The third kappa shape index (κ3) is 5.89. The van der Waals surface area contributed by atoms with Crippen molar-refractivity contribution >= 4 is 0 Å². The molecule has 0 amide bonds. The van der Waals surface area contributed by atoms with Crippen molar-refractivity contribution in [1.29, 1.82) is 0 Å². The van der Waals surface area contributed by atoms with Gasteiger partial charge in [0.25, 0.3) is 11.2 Å². The smallest absolute Gasteiger partial charge is 0.374 e. The summed E-state index contributed by atoms with van der Waals surface area (Å²) in [5.74, 6) is -3.94. The summed E-state index contributed by atoms with van der Waals surface area (Å²) in [5, 5.41) is 9.81. The second-order valence-electron chi connectivity index (χ2n) is 13.4. The van der Waals surface area contributed by atoms with Crippen molar-refractivity contribution in [1.82, 2.24) is 0 Å². The summed E-state index contributed by atoms with van der Waals surface area (Å²) in [4.78, 5) is 0. The van der Waals surface area contributed by atoms with Crippen LogP contribution in [0.4, 0.5) is 52.7 Å². The molecular weight excluding hydrogens is 612 g/mol. The topological polar surface area (TPSA) is 38.7 Å². The molecule has 10 atom stereocenters. The number of rotatable bonds is 10. The van der Waals surface area contributed by atoms with Crippen molar-refractivity contribution in [3.8, 4) is 0 Å². The van der Waals surface area contributed by atoms with Gasteiger partial charge in [-0.3, -0.25) is 0 Å². The summed E-state index contributed by atoms with van der Waals surface area (Å²) < 4.78 is 174. The van der Waals surface area contributed by atoms with Gasteiger partial charge in [0.05, 0.1) is 0 Å². The van der Waals surface area contributed by atoms with Crippen LogP contribution in [-0.4, -0.2) is 54.4 Å². The molecule has 0 aromatic heterocycles. The van der Waals surface area contributed by atoms with Crippen molar-refractivity contribution in [2.75, 3.05) is 13.4 Å². The number of ether oxygens (including phenoxy) is 2. The maximum atomic E-state index is 14.0. The van der Waals surface area contributed by atoms with Gasteiger partial charge in [0.15, 0.2) is 0 Å². The highest BCUT2D eigenvalue weighted by atomic mass is 19.4. The molecule has 1 N–H and O–H groups in total. The van der Waals surface area contributed by atoms with Crippen LogP contribution in [-0.2, 0) is 9.47 Å². The number of hydrogen-bond acceptors (Lipinski definition) is 3. The average Bonchev–Trinajstić information content (AvgIpc) is 3.57. The van der Waals surface area contributed by atoms with Crippen LogP contribution >= 0.6 is 0 Å². The minimum Gasteiger partial charge on any atom is -0.374 e. The van der Waals surface area contributed by atoms with E-state index in [0.29, 0.717) is 19.3 Å². The highest BCUT2D eigenvalue weighted by molar-refractivity contribution is 5.08. The third-order valence-corrected chi connectivity index (χ3v) is 11.6. The van der Waals surface area contributed by atoms with Crippen molar-refractivity contribution < 1.29 is 67.3 Å². The van der Waals surface area contributed by atoms with Crippen LogP contribution < -0.4 is 0 Å².